The van der Waals surface area contributed by atoms with E-state index in [1.165, 1.54) is 6.21 Å². The number of amides is 2. The highest BCUT2D eigenvalue weighted by Gasteiger charge is 2.08. The third-order valence-corrected chi connectivity index (χ3v) is 4.06. The number of ether oxygens (including phenoxy) is 2. The molecule has 28 heavy (non-hydrogen) atoms. The average Bonchev–Trinajstić information content (AvgIpc) is 2.69. The van der Waals surface area contributed by atoms with Crippen molar-refractivity contribution in [1.82, 2.24) is 5.43 Å². The standard InChI is InChI=1S/C21H25N3O4/c1-14-5-6-15(2)17(11-14)23-20(25)9-10-21(26)24-22-13-16-7-8-18(27-3)19(12-16)28-4/h5-8,11-13H,9-10H2,1-4H3,(H,23,25)(H,24,26). The first-order valence-corrected chi connectivity index (χ1v) is 8.84. The van der Waals surface area contributed by atoms with Crippen LogP contribution >= 0.6 is 0 Å². The van der Waals surface area contributed by atoms with Crippen LogP contribution in [-0.4, -0.2) is 32.2 Å². The largest absolute Gasteiger partial charge is 0.493 e. The van der Waals surface area contributed by atoms with Gasteiger partial charge in [-0.3, -0.25) is 9.59 Å². The molecule has 0 aliphatic rings. The fourth-order valence-electron chi connectivity index (χ4n) is 2.48. The lowest BCUT2D eigenvalue weighted by atomic mass is 10.1. The Balaban J connectivity index is 1.81. The molecule has 0 aromatic heterocycles. The number of hydrazone groups is 1. The van der Waals surface area contributed by atoms with Gasteiger partial charge in [0.15, 0.2) is 11.5 Å². The lowest BCUT2D eigenvalue weighted by Crippen LogP contribution is -2.20. The average molecular weight is 383 g/mol. The van der Waals surface area contributed by atoms with Gasteiger partial charge < -0.3 is 14.8 Å². The Morgan fingerprint density at radius 3 is 2.39 bits per heavy atom. The molecule has 0 fully saturated rings. The second kappa shape index (κ2) is 10.1. The van der Waals surface area contributed by atoms with Gasteiger partial charge in [0.25, 0.3) is 0 Å². The molecule has 2 amide bonds. The van der Waals surface area contributed by atoms with Crippen molar-refractivity contribution in [3.63, 3.8) is 0 Å². The summed E-state index contributed by atoms with van der Waals surface area (Å²) < 4.78 is 10.4. The van der Waals surface area contributed by atoms with E-state index < -0.39 is 0 Å². The Labute approximate surface area is 164 Å². The maximum absolute atomic E-state index is 12.1. The summed E-state index contributed by atoms with van der Waals surface area (Å²) in [6.45, 7) is 3.88. The van der Waals surface area contributed by atoms with E-state index in [0.717, 1.165) is 22.4 Å². The molecule has 2 rings (SSSR count). The Hall–Kier alpha value is -3.35. The van der Waals surface area contributed by atoms with E-state index in [2.05, 4.69) is 15.8 Å². The fraction of sp³-hybridized carbons (Fsp3) is 0.286. The number of carbonyl (C=O) groups excluding carboxylic acids is 2. The molecule has 0 bridgehead atoms. The quantitative estimate of drug-likeness (QED) is 0.541. The highest BCUT2D eigenvalue weighted by molar-refractivity contribution is 5.94. The molecule has 148 valence electrons. The van der Waals surface area contributed by atoms with Crippen LogP contribution in [-0.2, 0) is 9.59 Å². The molecule has 7 heteroatoms. The van der Waals surface area contributed by atoms with Crippen LogP contribution in [0, 0.1) is 13.8 Å². The van der Waals surface area contributed by atoms with E-state index in [4.69, 9.17) is 9.47 Å². The van der Waals surface area contributed by atoms with Crippen LogP contribution in [0.25, 0.3) is 0 Å². The number of nitrogens with zero attached hydrogens (tertiary/aromatic N) is 1. The molecule has 2 N–H and O–H groups in total. The van der Waals surface area contributed by atoms with Crippen molar-refractivity contribution < 1.29 is 19.1 Å². The maximum Gasteiger partial charge on any atom is 0.240 e. The highest BCUT2D eigenvalue weighted by Crippen LogP contribution is 2.26. The van der Waals surface area contributed by atoms with Gasteiger partial charge in [0.1, 0.15) is 0 Å². The molecule has 0 spiro atoms. The third kappa shape index (κ3) is 6.12. The van der Waals surface area contributed by atoms with Crippen LogP contribution in [0.1, 0.15) is 29.5 Å². The molecule has 2 aromatic carbocycles. The number of benzene rings is 2. The fourth-order valence-corrected chi connectivity index (χ4v) is 2.48. The van der Waals surface area contributed by atoms with E-state index in [1.54, 1.807) is 32.4 Å². The summed E-state index contributed by atoms with van der Waals surface area (Å²) >= 11 is 0. The molecule has 0 heterocycles. The van der Waals surface area contributed by atoms with E-state index in [-0.39, 0.29) is 24.7 Å². The number of aryl methyl sites for hydroxylation is 2. The van der Waals surface area contributed by atoms with Crippen LogP contribution < -0.4 is 20.2 Å². The number of hydrogen-bond donors (Lipinski definition) is 2. The van der Waals surface area contributed by atoms with Crippen molar-refractivity contribution in [1.29, 1.82) is 0 Å². The maximum atomic E-state index is 12.1. The van der Waals surface area contributed by atoms with Crippen molar-refractivity contribution in [2.24, 2.45) is 5.10 Å². The lowest BCUT2D eigenvalue weighted by Gasteiger charge is -2.09. The van der Waals surface area contributed by atoms with Crippen molar-refractivity contribution >= 4 is 23.7 Å². The molecule has 0 aliphatic carbocycles. The summed E-state index contributed by atoms with van der Waals surface area (Å²) in [5.74, 6) is 0.625. The Bertz CT molecular complexity index is 878. The second-order valence-electron chi connectivity index (χ2n) is 6.27. The first-order valence-electron chi connectivity index (χ1n) is 8.84. The molecule has 7 nitrogen and oxygen atoms in total. The van der Waals surface area contributed by atoms with Gasteiger partial charge >= 0.3 is 0 Å². The number of hydrogen-bond acceptors (Lipinski definition) is 5. The summed E-state index contributed by atoms with van der Waals surface area (Å²) in [7, 11) is 3.10. The summed E-state index contributed by atoms with van der Waals surface area (Å²) in [5, 5.41) is 6.74. The van der Waals surface area contributed by atoms with Crippen LogP contribution in [0.15, 0.2) is 41.5 Å². The third-order valence-electron chi connectivity index (χ3n) is 4.06. The van der Waals surface area contributed by atoms with E-state index in [9.17, 15) is 9.59 Å². The second-order valence-corrected chi connectivity index (χ2v) is 6.27. The first kappa shape index (κ1) is 21.0. The van der Waals surface area contributed by atoms with Crippen molar-refractivity contribution in [3.05, 3.63) is 53.1 Å². The van der Waals surface area contributed by atoms with Gasteiger partial charge in [-0.15, -0.1) is 0 Å². The minimum atomic E-state index is -0.340. The number of carbonyl (C=O) groups is 2. The Morgan fingerprint density at radius 2 is 1.68 bits per heavy atom. The van der Waals surface area contributed by atoms with Crippen molar-refractivity contribution in [2.75, 3.05) is 19.5 Å². The summed E-state index contributed by atoms with van der Waals surface area (Å²) in [6.07, 6.45) is 1.61. The molecule has 0 unspecified atom stereocenters. The van der Waals surface area contributed by atoms with Crippen molar-refractivity contribution in [2.45, 2.75) is 26.7 Å². The molecular formula is C21H25N3O4. The number of methoxy groups -OCH3 is 2. The molecular weight excluding hydrogens is 358 g/mol. The summed E-state index contributed by atoms with van der Waals surface area (Å²) in [6, 6.07) is 11.1. The van der Waals surface area contributed by atoms with Gasteiger partial charge in [0.05, 0.1) is 20.4 Å². The topological polar surface area (TPSA) is 89.0 Å². The van der Waals surface area contributed by atoms with Gasteiger partial charge in [0, 0.05) is 18.5 Å². The minimum Gasteiger partial charge on any atom is -0.493 e. The molecule has 0 atom stereocenters. The lowest BCUT2D eigenvalue weighted by molar-refractivity contribution is -0.124. The zero-order valence-electron chi connectivity index (χ0n) is 16.5. The van der Waals surface area contributed by atoms with Gasteiger partial charge in [-0.25, -0.2) is 5.43 Å². The predicted molar refractivity (Wildman–Crippen MR) is 109 cm³/mol. The monoisotopic (exact) mass is 383 g/mol. The molecule has 0 saturated heterocycles. The number of rotatable bonds is 8. The highest BCUT2D eigenvalue weighted by atomic mass is 16.5. The van der Waals surface area contributed by atoms with E-state index in [1.807, 2.05) is 32.0 Å². The van der Waals surface area contributed by atoms with Gasteiger partial charge in [0.2, 0.25) is 11.8 Å². The SMILES string of the molecule is COc1ccc(C=NNC(=O)CCC(=O)Nc2cc(C)ccc2C)cc1OC. The van der Waals surface area contributed by atoms with E-state index in [0.29, 0.717) is 11.5 Å². The van der Waals surface area contributed by atoms with Gasteiger partial charge in [-0.1, -0.05) is 12.1 Å². The number of nitrogens with one attached hydrogen (secondary N) is 2. The smallest absolute Gasteiger partial charge is 0.240 e. The summed E-state index contributed by atoms with van der Waals surface area (Å²) in [4.78, 5) is 23.9. The predicted octanol–water partition coefficient (Wildman–Crippen LogP) is 3.19. The molecule has 0 radical (unpaired) electrons. The van der Waals surface area contributed by atoms with Crippen molar-refractivity contribution in [3.8, 4) is 11.5 Å². The van der Waals surface area contributed by atoms with Crippen LogP contribution in [0.3, 0.4) is 0 Å². The van der Waals surface area contributed by atoms with E-state index >= 15 is 0 Å². The molecule has 2 aromatic rings. The first-order chi connectivity index (χ1) is 13.4. The number of anilines is 1. The summed E-state index contributed by atoms with van der Waals surface area (Å²) in [5.41, 5.74) is 5.95. The molecule has 0 aliphatic heterocycles. The van der Waals surface area contributed by atoms with Gasteiger partial charge in [-0.2, -0.15) is 5.10 Å². The zero-order valence-corrected chi connectivity index (χ0v) is 16.5. The van der Waals surface area contributed by atoms with Gasteiger partial charge in [-0.05, 0) is 54.8 Å². The normalized spacial score (nSPS) is 10.6. The Morgan fingerprint density at radius 1 is 0.964 bits per heavy atom. The minimum absolute atomic E-state index is 0.0416. The zero-order chi connectivity index (χ0) is 20.5. The Kier molecular flexibility index (Phi) is 7.56. The van der Waals surface area contributed by atoms with Crippen LogP contribution in [0.4, 0.5) is 5.69 Å². The van der Waals surface area contributed by atoms with Crippen LogP contribution in [0.2, 0.25) is 0 Å². The van der Waals surface area contributed by atoms with Crippen LogP contribution in [0.5, 0.6) is 11.5 Å². The molecule has 0 saturated carbocycles.